The monoisotopic (exact) mass is 467 g/mol. The van der Waals surface area contributed by atoms with Crippen molar-refractivity contribution in [2.45, 2.75) is 24.1 Å². The highest BCUT2D eigenvalue weighted by Crippen LogP contribution is 2.51. The lowest BCUT2D eigenvalue weighted by atomic mass is 9.81. The quantitative estimate of drug-likeness (QED) is 0.724. The predicted molar refractivity (Wildman–Crippen MR) is 117 cm³/mol. The molecule has 1 fully saturated rings. The predicted octanol–water partition coefficient (Wildman–Crippen LogP) is 3.37. The SMILES string of the molecule is CN(C)C(=O)[C@@H]1C[C@@H](O)CN1C1(c2ccccc2Cl)C(=O)Nc2cc(Cl)c(Cl)cc21. The van der Waals surface area contributed by atoms with Crippen molar-refractivity contribution in [3.63, 3.8) is 0 Å². The highest BCUT2D eigenvalue weighted by molar-refractivity contribution is 6.42. The number of nitrogens with one attached hydrogen (secondary N) is 1. The van der Waals surface area contributed by atoms with Gasteiger partial charge in [-0.15, -0.1) is 0 Å². The summed E-state index contributed by atoms with van der Waals surface area (Å²) in [5.74, 6) is -0.589. The van der Waals surface area contributed by atoms with Crippen LogP contribution in [-0.4, -0.2) is 59.5 Å². The maximum absolute atomic E-state index is 13.7. The highest BCUT2D eigenvalue weighted by atomic mass is 35.5. The van der Waals surface area contributed by atoms with Gasteiger partial charge in [0, 0.05) is 42.5 Å². The Bertz CT molecular complexity index is 1050. The molecule has 2 N–H and O–H groups in total. The van der Waals surface area contributed by atoms with Gasteiger partial charge in [-0.25, -0.2) is 0 Å². The zero-order chi connectivity index (χ0) is 21.8. The van der Waals surface area contributed by atoms with Gasteiger partial charge < -0.3 is 15.3 Å². The summed E-state index contributed by atoms with van der Waals surface area (Å²) in [4.78, 5) is 29.9. The number of hydrogen-bond acceptors (Lipinski definition) is 4. The van der Waals surface area contributed by atoms with Gasteiger partial charge in [0.15, 0.2) is 5.54 Å². The van der Waals surface area contributed by atoms with Crippen LogP contribution in [0.5, 0.6) is 0 Å². The fourth-order valence-corrected chi connectivity index (χ4v) is 5.06. The van der Waals surface area contributed by atoms with Gasteiger partial charge in [0.2, 0.25) is 5.91 Å². The molecule has 0 saturated carbocycles. The van der Waals surface area contributed by atoms with Crippen LogP contribution in [0, 0.1) is 0 Å². The van der Waals surface area contributed by atoms with E-state index in [9.17, 15) is 14.7 Å². The number of amides is 2. The van der Waals surface area contributed by atoms with Crippen LogP contribution in [0.25, 0.3) is 0 Å². The van der Waals surface area contributed by atoms with Crippen LogP contribution in [0.1, 0.15) is 17.5 Å². The van der Waals surface area contributed by atoms with E-state index < -0.39 is 17.7 Å². The third kappa shape index (κ3) is 3.10. The number of β-amino-alcohol motifs (C(OH)–C–C–N with tert-alkyl or cyclic N) is 1. The second-order valence-electron chi connectivity index (χ2n) is 7.75. The highest BCUT2D eigenvalue weighted by Gasteiger charge is 2.59. The minimum atomic E-state index is -1.45. The number of rotatable bonds is 3. The number of aliphatic hydroxyl groups excluding tert-OH is 1. The van der Waals surface area contributed by atoms with E-state index in [1.807, 2.05) is 0 Å². The van der Waals surface area contributed by atoms with Crippen molar-refractivity contribution in [3.8, 4) is 0 Å². The van der Waals surface area contributed by atoms with Crippen molar-refractivity contribution in [3.05, 3.63) is 62.6 Å². The van der Waals surface area contributed by atoms with Gasteiger partial charge in [-0.1, -0.05) is 53.0 Å². The third-order valence-electron chi connectivity index (χ3n) is 5.73. The zero-order valence-electron chi connectivity index (χ0n) is 16.3. The summed E-state index contributed by atoms with van der Waals surface area (Å²) in [7, 11) is 3.29. The van der Waals surface area contributed by atoms with Gasteiger partial charge in [0.1, 0.15) is 0 Å². The summed E-state index contributed by atoms with van der Waals surface area (Å²) in [5, 5.41) is 14.3. The van der Waals surface area contributed by atoms with Crippen LogP contribution >= 0.6 is 34.8 Å². The number of fused-ring (bicyclic) bond motifs is 1. The third-order valence-corrected chi connectivity index (χ3v) is 6.78. The molecule has 158 valence electrons. The number of nitrogens with zero attached hydrogens (tertiary/aromatic N) is 2. The van der Waals surface area contributed by atoms with Gasteiger partial charge in [-0.3, -0.25) is 14.5 Å². The number of anilines is 1. The van der Waals surface area contributed by atoms with E-state index in [1.54, 1.807) is 55.4 Å². The zero-order valence-corrected chi connectivity index (χ0v) is 18.6. The van der Waals surface area contributed by atoms with E-state index in [2.05, 4.69) is 5.32 Å². The summed E-state index contributed by atoms with van der Waals surface area (Å²) in [6, 6.07) is 9.48. The van der Waals surface area contributed by atoms with Crippen molar-refractivity contribution in [2.75, 3.05) is 26.0 Å². The summed E-state index contributed by atoms with van der Waals surface area (Å²) >= 11 is 19.1. The molecule has 2 heterocycles. The van der Waals surface area contributed by atoms with E-state index in [0.717, 1.165) is 0 Å². The molecule has 0 aliphatic carbocycles. The standard InChI is InChI=1S/C21H20Cl3N3O3/c1-26(2)19(29)18-7-11(28)10-27(18)21(12-5-3-4-6-14(12)22)13-8-15(23)16(24)9-17(13)25-20(21)30/h3-6,8-9,11,18,28H,7,10H2,1-2H3,(H,25,30)/t11-,18+,21?/m1/s1. The molecule has 6 nitrogen and oxygen atoms in total. The number of likely N-dealkylation sites (tertiary alicyclic amines) is 1. The largest absolute Gasteiger partial charge is 0.392 e. The van der Waals surface area contributed by atoms with E-state index in [-0.39, 0.29) is 29.8 Å². The number of benzene rings is 2. The van der Waals surface area contributed by atoms with Crippen molar-refractivity contribution < 1.29 is 14.7 Å². The van der Waals surface area contributed by atoms with Crippen LogP contribution in [-0.2, 0) is 15.1 Å². The smallest absolute Gasteiger partial charge is 0.254 e. The molecule has 1 unspecified atom stereocenters. The van der Waals surface area contributed by atoms with Crippen molar-refractivity contribution in [1.82, 2.24) is 9.80 Å². The van der Waals surface area contributed by atoms with Gasteiger partial charge in [0.25, 0.3) is 5.91 Å². The number of hydrogen-bond donors (Lipinski definition) is 2. The molecule has 0 bridgehead atoms. The Kier molecular flexibility index (Phi) is 5.49. The Morgan fingerprint density at radius 2 is 1.80 bits per heavy atom. The number of carbonyl (C=O) groups is 2. The average molecular weight is 469 g/mol. The molecular weight excluding hydrogens is 449 g/mol. The Labute approximate surface area is 189 Å². The number of carbonyl (C=O) groups excluding carboxylic acids is 2. The Morgan fingerprint density at radius 3 is 2.47 bits per heavy atom. The molecule has 0 radical (unpaired) electrons. The van der Waals surface area contributed by atoms with Gasteiger partial charge in [-0.2, -0.15) is 0 Å². The molecule has 30 heavy (non-hydrogen) atoms. The Balaban J connectivity index is 2.03. The molecular formula is C21H20Cl3N3O3. The molecule has 1 saturated heterocycles. The van der Waals surface area contributed by atoms with E-state index in [1.165, 1.54) is 4.90 Å². The summed E-state index contributed by atoms with van der Waals surface area (Å²) in [5.41, 5.74) is 0.0924. The lowest BCUT2D eigenvalue weighted by Crippen LogP contribution is -2.57. The molecule has 9 heteroatoms. The van der Waals surface area contributed by atoms with Crippen LogP contribution in [0.15, 0.2) is 36.4 Å². The summed E-state index contributed by atoms with van der Waals surface area (Å²) in [6.07, 6.45) is -0.578. The van der Waals surface area contributed by atoms with Crippen molar-refractivity contribution in [2.24, 2.45) is 0 Å². The molecule has 3 atom stereocenters. The second kappa shape index (κ2) is 7.70. The molecule has 2 aromatic carbocycles. The summed E-state index contributed by atoms with van der Waals surface area (Å²) < 4.78 is 0. The summed E-state index contributed by atoms with van der Waals surface area (Å²) in [6.45, 7) is 0.114. The fourth-order valence-electron chi connectivity index (χ4n) is 4.46. The van der Waals surface area contributed by atoms with E-state index >= 15 is 0 Å². The molecule has 2 aliphatic heterocycles. The molecule has 0 aromatic heterocycles. The Hall–Kier alpha value is -1.83. The maximum atomic E-state index is 13.7. The first-order valence-electron chi connectivity index (χ1n) is 9.39. The van der Waals surface area contributed by atoms with E-state index in [4.69, 9.17) is 34.8 Å². The van der Waals surface area contributed by atoms with Gasteiger partial charge in [0.05, 0.1) is 22.2 Å². The van der Waals surface area contributed by atoms with Crippen LogP contribution in [0.3, 0.4) is 0 Å². The minimum absolute atomic E-state index is 0.114. The fraction of sp³-hybridized carbons (Fsp3) is 0.333. The first-order chi connectivity index (χ1) is 14.2. The second-order valence-corrected chi connectivity index (χ2v) is 8.97. The first-order valence-corrected chi connectivity index (χ1v) is 10.5. The molecule has 2 amide bonds. The van der Waals surface area contributed by atoms with Crippen LogP contribution < -0.4 is 5.32 Å². The maximum Gasteiger partial charge on any atom is 0.254 e. The lowest BCUT2D eigenvalue weighted by molar-refractivity contribution is -0.138. The van der Waals surface area contributed by atoms with Gasteiger partial charge >= 0.3 is 0 Å². The molecule has 4 rings (SSSR count). The number of halogens is 3. The molecule has 0 spiro atoms. The Morgan fingerprint density at radius 1 is 1.13 bits per heavy atom. The molecule has 2 aliphatic rings. The molecule has 2 aromatic rings. The van der Waals surface area contributed by atoms with E-state index in [0.29, 0.717) is 26.9 Å². The first kappa shape index (κ1) is 21.4. The van der Waals surface area contributed by atoms with Crippen LogP contribution in [0.2, 0.25) is 15.1 Å². The van der Waals surface area contributed by atoms with Gasteiger partial charge in [-0.05, 0) is 24.6 Å². The van der Waals surface area contributed by atoms with Crippen LogP contribution in [0.4, 0.5) is 5.69 Å². The topological polar surface area (TPSA) is 72.9 Å². The average Bonchev–Trinajstić information content (AvgIpc) is 3.20. The normalized spacial score (nSPS) is 25.9. The van der Waals surface area contributed by atoms with Crippen molar-refractivity contribution in [1.29, 1.82) is 0 Å². The minimum Gasteiger partial charge on any atom is -0.392 e. The lowest BCUT2D eigenvalue weighted by Gasteiger charge is -2.41. The van der Waals surface area contributed by atoms with Crippen molar-refractivity contribution >= 4 is 52.3 Å². The number of aliphatic hydroxyl groups is 1. The number of likely N-dealkylation sites (N-methyl/N-ethyl adjacent to an activating group) is 1.